The molecule has 0 bridgehead atoms. The van der Waals surface area contributed by atoms with Crippen molar-refractivity contribution >= 4 is 50.1 Å². The fraction of sp³-hybridized carbons (Fsp3) is 0.391. The van der Waals surface area contributed by atoms with Gasteiger partial charge in [0.05, 0.1) is 11.9 Å². The van der Waals surface area contributed by atoms with Crippen molar-refractivity contribution in [3.8, 4) is 0 Å². The van der Waals surface area contributed by atoms with Crippen molar-refractivity contribution in [3.63, 3.8) is 0 Å². The van der Waals surface area contributed by atoms with Gasteiger partial charge >= 0.3 is 0 Å². The zero-order valence-electron chi connectivity index (χ0n) is 19.1. The Kier molecular flexibility index (Phi) is 9.65. The molecule has 180 valence electrons. The molecular formula is C23H29FIN3O4S. The van der Waals surface area contributed by atoms with E-state index < -0.39 is 40.2 Å². The highest BCUT2D eigenvalue weighted by atomic mass is 127. The minimum absolute atomic E-state index is 0.107. The number of halogens is 2. The molecule has 10 heteroatoms. The number of nitrogens with zero attached hydrogens (tertiary/aromatic N) is 2. The number of hydrogen-bond donors (Lipinski definition) is 1. The molecule has 0 fully saturated rings. The molecule has 0 spiro atoms. The monoisotopic (exact) mass is 589 g/mol. The molecule has 0 aliphatic carbocycles. The molecule has 0 saturated carbocycles. The van der Waals surface area contributed by atoms with Crippen LogP contribution in [0.2, 0.25) is 0 Å². The van der Waals surface area contributed by atoms with Crippen molar-refractivity contribution < 1.29 is 22.4 Å². The van der Waals surface area contributed by atoms with Gasteiger partial charge in [-0.2, -0.15) is 0 Å². The fourth-order valence-electron chi connectivity index (χ4n) is 3.08. The van der Waals surface area contributed by atoms with E-state index in [1.807, 2.05) is 13.8 Å². The van der Waals surface area contributed by atoms with Gasteiger partial charge in [0.2, 0.25) is 21.8 Å². The van der Waals surface area contributed by atoms with Crippen LogP contribution in [0.15, 0.2) is 48.5 Å². The molecule has 2 aromatic rings. The first kappa shape index (κ1) is 27.0. The first-order chi connectivity index (χ1) is 15.4. The fourth-order valence-corrected chi connectivity index (χ4v) is 4.29. The highest BCUT2D eigenvalue weighted by molar-refractivity contribution is 14.1. The highest BCUT2D eigenvalue weighted by Gasteiger charge is 2.30. The number of rotatable bonds is 10. The minimum atomic E-state index is -3.80. The third kappa shape index (κ3) is 7.66. The van der Waals surface area contributed by atoms with E-state index in [0.717, 1.165) is 14.1 Å². The summed E-state index contributed by atoms with van der Waals surface area (Å²) in [5.41, 5.74) is 0.558. The lowest BCUT2D eigenvalue weighted by Gasteiger charge is -2.32. The van der Waals surface area contributed by atoms with Gasteiger partial charge in [-0.1, -0.05) is 25.1 Å². The second-order valence-electron chi connectivity index (χ2n) is 7.85. The quantitative estimate of drug-likeness (QED) is 0.430. The van der Waals surface area contributed by atoms with Crippen LogP contribution in [0.25, 0.3) is 0 Å². The van der Waals surface area contributed by atoms with E-state index in [1.54, 1.807) is 37.3 Å². The average Bonchev–Trinajstić information content (AvgIpc) is 2.76. The number of benzene rings is 2. The molecule has 2 unspecified atom stereocenters. The van der Waals surface area contributed by atoms with Crippen molar-refractivity contribution in [3.05, 3.63) is 63.5 Å². The summed E-state index contributed by atoms with van der Waals surface area (Å²) in [7, 11) is -3.80. The summed E-state index contributed by atoms with van der Waals surface area (Å²) in [5, 5.41) is 2.83. The zero-order chi connectivity index (χ0) is 24.8. The van der Waals surface area contributed by atoms with Gasteiger partial charge in [-0.25, -0.2) is 12.8 Å². The van der Waals surface area contributed by atoms with Crippen LogP contribution in [-0.2, 0) is 26.2 Å². The lowest BCUT2D eigenvalue weighted by atomic mass is 10.1. The molecule has 2 rings (SSSR count). The Labute approximate surface area is 208 Å². The largest absolute Gasteiger partial charge is 0.352 e. The molecular weight excluding hydrogens is 560 g/mol. The summed E-state index contributed by atoms with van der Waals surface area (Å²) in [6.45, 7) is 4.62. The van der Waals surface area contributed by atoms with E-state index in [9.17, 15) is 22.4 Å². The van der Waals surface area contributed by atoms with E-state index in [2.05, 4.69) is 27.9 Å². The molecule has 33 heavy (non-hydrogen) atoms. The maximum absolute atomic E-state index is 14.4. The third-order valence-electron chi connectivity index (χ3n) is 5.26. The Hall–Kier alpha value is -2.21. The topological polar surface area (TPSA) is 86.8 Å². The second kappa shape index (κ2) is 11.8. The van der Waals surface area contributed by atoms with Crippen molar-refractivity contribution in [1.82, 2.24) is 10.2 Å². The predicted octanol–water partition coefficient (Wildman–Crippen LogP) is 3.53. The van der Waals surface area contributed by atoms with E-state index in [4.69, 9.17) is 0 Å². The number of amides is 2. The third-order valence-corrected chi connectivity index (χ3v) is 7.12. The van der Waals surface area contributed by atoms with Crippen LogP contribution < -0.4 is 9.62 Å². The van der Waals surface area contributed by atoms with Gasteiger partial charge in [-0.3, -0.25) is 13.9 Å². The Morgan fingerprint density at radius 1 is 1.09 bits per heavy atom. The molecule has 0 aliphatic rings. The van der Waals surface area contributed by atoms with Crippen molar-refractivity contribution in [2.24, 2.45) is 0 Å². The van der Waals surface area contributed by atoms with Crippen molar-refractivity contribution in [2.75, 3.05) is 17.1 Å². The van der Waals surface area contributed by atoms with Gasteiger partial charge in [-0.05, 0) is 73.2 Å². The molecule has 1 N–H and O–H groups in total. The van der Waals surface area contributed by atoms with Crippen LogP contribution in [-0.4, -0.2) is 50.0 Å². The molecule has 7 nitrogen and oxygen atoms in total. The van der Waals surface area contributed by atoms with Crippen LogP contribution in [0.1, 0.15) is 32.8 Å². The molecule has 2 amide bonds. The van der Waals surface area contributed by atoms with Crippen LogP contribution in [0.3, 0.4) is 0 Å². The molecule has 0 heterocycles. The Morgan fingerprint density at radius 2 is 1.70 bits per heavy atom. The lowest BCUT2D eigenvalue weighted by molar-refractivity contribution is -0.139. The molecule has 0 aromatic heterocycles. The smallest absolute Gasteiger partial charge is 0.244 e. The highest BCUT2D eigenvalue weighted by Crippen LogP contribution is 2.21. The average molecular weight is 589 g/mol. The Balaban J connectivity index is 2.39. The van der Waals surface area contributed by atoms with Gasteiger partial charge in [0, 0.05) is 21.7 Å². The summed E-state index contributed by atoms with van der Waals surface area (Å²) < 4.78 is 41.2. The Morgan fingerprint density at radius 3 is 2.24 bits per heavy atom. The number of carbonyl (C=O) groups is 2. The molecule has 2 atom stereocenters. The Bertz CT molecular complexity index is 1080. The van der Waals surface area contributed by atoms with E-state index in [0.29, 0.717) is 12.1 Å². The number of nitrogens with one attached hydrogen (secondary N) is 1. The van der Waals surface area contributed by atoms with Crippen LogP contribution in [0, 0.1) is 9.39 Å². The number of anilines is 1. The van der Waals surface area contributed by atoms with Crippen LogP contribution in [0.5, 0.6) is 0 Å². The number of sulfonamides is 1. The van der Waals surface area contributed by atoms with Gasteiger partial charge < -0.3 is 10.2 Å². The molecule has 0 saturated heterocycles. The minimum Gasteiger partial charge on any atom is -0.352 e. The van der Waals surface area contributed by atoms with Crippen LogP contribution in [0.4, 0.5) is 10.1 Å². The summed E-state index contributed by atoms with van der Waals surface area (Å²) in [4.78, 5) is 27.4. The van der Waals surface area contributed by atoms with Gasteiger partial charge in [0.15, 0.2) is 0 Å². The lowest BCUT2D eigenvalue weighted by Crippen LogP contribution is -2.52. The molecule has 0 radical (unpaired) electrons. The number of hydrogen-bond acceptors (Lipinski definition) is 4. The molecule has 2 aromatic carbocycles. The number of carbonyl (C=O) groups excluding carboxylic acids is 2. The van der Waals surface area contributed by atoms with Gasteiger partial charge in [0.1, 0.15) is 18.4 Å². The van der Waals surface area contributed by atoms with Gasteiger partial charge in [-0.15, -0.1) is 0 Å². The summed E-state index contributed by atoms with van der Waals surface area (Å²) in [5.74, 6) is -1.52. The zero-order valence-corrected chi connectivity index (χ0v) is 22.1. The summed E-state index contributed by atoms with van der Waals surface area (Å²) in [6.07, 6.45) is 1.72. The standard InChI is InChI=1S/C23H29FIN3O4S/c1-5-16(2)26-23(30)17(3)27(14-18-8-6-7-9-21(18)24)22(29)15-28(33(4,31)32)20-12-10-19(25)11-13-20/h6-13,16-17H,5,14-15H2,1-4H3,(H,26,30). The maximum atomic E-state index is 14.4. The predicted molar refractivity (Wildman–Crippen MR) is 136 cm³/mol. The maximum Gasteiger partial charge on any atom is 0.244 e. The normalized spacial score (nSPS) is 13.2. The van der Waals surface area contributed by atoms with E-state index in [1.165, 1.54) is 23.1 Å². The second-order valence-corrected chi connectivity index (χ2v) is 11.0. The SMILES string of the molecule is CCC(C)NC(=O)C(C)N(Cc1ccccc1F)C(=O)CN(c1ccc(I)cc1)S(C)(=O)=O. The van der Waals surface area contributed by atoms with Gasteiger partial charge in [0.25, 0.3) is 0 Å². The van der Waals surface area contributed by atoms with Crippen LogP contribution >= 0.6 is 22.6 Å². The first-order valence-corrected chi connectivity index (χ1v) is 13.4. The summed E-state index contributed by atoms with van der Waals surface area (Å²) in [6, 6.07) is 11.6. The van der Waals surface area contributed by atoms with E-state index >= 15 is 0 Å². The van der Waals surface area contributed by atoms with Crippen molar-refractivity contribution in [1.29, 1.82) is 0 Å². The molecule has 0 aliphatic heterocycles. The summed E-state index contributed by atoms with van der Waals surface area (Å²) >= 11 is 2.10. The van der Waals surface area contributed by atoms with Crippen molar-refractivity contribution in [2.45, 2.75) is 45.8 Å². The van der Waals surface area contributed by atoms with E-state index in [-0.39, 0.29) is 18.2 Å². The first-order valence-electron chi connectivity index (χ1n) is 10.5.